The number of hydrogen-bond donors (Lipinski definition) is 2. The van der Waals surface area contributed by atoms with Crippen molar-refractivity contribution in [2.45, 2.75) is 6.92 Å². The third-order valence-electron chi connectivity index (χ3n) is 3.15. The Hall–Kier alpha value is -3.53. The summed E-state index contributed by atoms with van der Waals surface area (Å²) in [5.41, 5.74) is 0.504. The van der Waals surface area contributed by atoms with Crippen molar-refractivity contribution in [2.24, 2.45) is 0 Å². The van der Waals surface area contributed by atoms with E-state index in [0.29, 0.717) is 5.56 Å². The molecule has 3 amide bonds. The number of alkyl carbamates (subject to hydrolysis) is 1. The minimum Gasteiger partial charge on any atom is -0.450 e. The van der Waals surface area contributed by atoms with Crippen molar-refractivity contribution < 1.29 is 24.0 Å². The van der Waals surface area contributed by atoms with Gasteiger partial charge in [0.2, 0.25) is 5.91 Å². The Labute approximate surface area is 157 Å². The highest BCUT2D eigenvalue weighted by Gasteiger charge is 2.17. The number of benzene rings is 1. The zero-order valence-electron chi connectivity index (χ0n) is 14.1. The number of imide groups is 1. The quantitative estimate of drug-likeness (QED) is 0.444. The number of anilines is 1. The van der Waals surface area contributed by atoms with Gasteiger partial charge < -0.3 is 10.1 Å². The largest absolute Gasteiger partial charge is 0.450 e. The molecule has 2 rings (SSSR count). The standard InChI is InChI=1S/C17H15N3O6S/c1-2-26-17(23)19-15(22)13-8-9-27-16(13)18-14(21)7-6-11-4-3-5-12(10-11)20(24)25/h3-10H,2H2,1H3,(H,18,21)(H,19,22,23)/b7-6+. The van der Waals surface area contributed by atoms with Crippen LogP contribution < -0.4 is 10.6 Å². The molecule has 27 heavy (non-hydrogen) atoms. The van der Waals surface area contributed by atoms with E-state index in [-0.39, 0.29) is 22.9 Å². The van der Waals surface area contributed by atoms with Crippen LogP contribution in [0.4, 0.5) is 15.5 Å². The summed E-state index contributed by atoms with van der Waals surface area (Å²) in [4.78, 5) is 45.6. The van der Waals surface area contributed by atoms with Crippen molar-refractivity contribution in [3.63, 3.8) is 0 Å². The van der Waals surface area contributed by atoms with E-state index >= 15 is 0 Å². The van der Waals surface area contributed by atoms with Gasteiger partial charge in [-0.3, -0.25) is 25.0 Å². The van der Waals surface area contributed by atoms with Crippen LogP contribution in [0, 0.1) is 10.1 Å². The zero-order chi connectivity index (χ0) is 19.8. The van der Waals surface area contributed by atoms with Crippen LogP contribution in [0.5, 0.6) is 0 Å². The van der Waals surface area contributed by atoms with Gasteiger partial charge in [-0.1, -0.05) is 12.1 Å². The van der Waals surface area contributed by atoms with Crippen LogP contribution in [-0.4, -0.2) is 29.4 Å². The number of ether oxygens (including phenoxy) is 1. The van der Waals surface area contributed by atoms with Gasteiger partial charge in [-0.15, -0.1) is 11.3 Å². The summed E-state index contributed by atoms with van der Waals surface area (Å²) in [7, 11) is 0. The Kier molecular flexibility index (Phi) is 6.78. The number of nitrogens with one attached hydrogen (secondary N) is 2. The van der Waals surface area contributed by atoms with E-state index in [4.69, 9.17) is 0 Å². The third-order valence-corrected chi connectivity index (χ3v) is 3.98. The monoisotopic (exact) mass is 389 g/mol. The molecule has 2 N–H and O–H groups in total. The Bertz CT molecular complexity index is 906. The molecule has 2 aromatic rings. The lowest BCUT2D eigenvalue weighted by atomic mass is 10.2. The molecule has 0 unspecified atom stereocenters. The minimum absolute atomic E-state index is 0.0891. The van der Waals surface area contributed by atoms with E-state index < -0.39 is 22.8 Å². The molecule has 1 aromatic carbocycles. The van der Waals surface area contributed by atoms with E-state index in [1.54, 1.807) is 18.4 Å². The fourth-order valence-electron chi connectivity index (χ4n) is 1.98. The summed E-state index contributed by atoms with van der Waals surface area (Å²) >= 11 is 1.11. The van der Waals surface area contributed by atoms with Gasteiger partial charge in [0.05, 0.1) is 17.1 Å². The van der Waals surface area contributed by atoms with Gasteiger partial charge in [0.1, 0.15) is 5.00 Å². The number of nitro groups is 1. The zero-order valence-corrected chi connectivity index (χ0v) is 14.9. The van der Waals surface area contributed by atoms with Gasteiger partial charge in [-0.05, 0) is 30.0 Å². The molecule has 0 aliphatic heterocycles. The summed E-state index contributed by atoms with van der Waals surface area (Å²) < 4.78 is 4.63. The van der Waals surface area contributed by atoms with E-state index in [9.17, 15) is 24.5 Å². The summed E-state index contributed by atoms with van der Waals surface area (Å²) in [5, 5.41) is 17.2. The van der Waals surface area contributed by atoms with E-state index in [2.05, 4.69) is 10.1 Å². The van der Waals surface area contributed by atoms with Crippen molar-refractivity contribution in [1.29, 1.82) is 0 Å². The molecule has 1 heterocycles. The maximum absolute atomic E-state index is 12.1. The van der Waals surface area contributed by atoms with Gasteiger partial charge >= 0.3 is 6.09 Å². The van der Waals surface area contributed by atoms with E-state index in [1.165, 1.54) is 36.4 Å². The highest BCUT2D eigenvalue weighted by molar-refractivity contribution is 7.14. The van der Waals surface area contributed by atoms with Crippen molar-refractivity contribution in [1.82, 2.24) is 5.32 Å². The highest BCUT2D eigenvalue weighted by Crippen LogP contribution is 2.23. The van der Waals surface area contributed by atoms with Gasteiger partial charge in [-0.2, -0.15) is 0 Å². The Morgan fingerprint density at radius 2 is 2.07 bits per heavy atom. The lowest BCUT2D eigenvalue weighted by Gasteiger charge is -2.05. The van der Waals surface area contributed by atoms with Crippen molar-refractivity contribution in [2.75, 3.05) is 11.9 Å². The first-order valence-electron chi connectivity index (χ1n) is 7.69. The third kappa shape index (κ3) is 5.75. The van der Waals surface area contributed by atoms with Gasteiger partial charge in [-0.25, -0.2) is 4.79 Å². The number of carbonyl (C=O) groups is 3. The molecule has 0 radical (unpaired) electrons. The predicted molar refractivity (Wildman–Crippen MR) is 99.6 cm³/mol. The average molecular weight is 389 g/mol. The number of amides is 3. The van der Waals surface area contributed by atoms with Crippen molar-refractivity contribution in [3.05, 3.63) is 63.0 Å². The predicted octanol–water partition coefficient (Wildman–Crippen LogP) is 3.19. The average Bonchev–Trinajstić information content (AvgIpc) is 3.08. The molecule has 10 heteroatoms. The van der Waals surface area contributed by atoms with Crippen LogP contribution in [-0.2, 0) is 9.53 Å². The Balaban J connectivity index is 2.03. The van der Waals surface area contributed by atoms with E-state index in [1.807, 2.05) is 5.32 Å². The minimum atomic E-state index is -0.878. The topological polar surface area (TPSA) is 128 Å². The molecular weight excluding hydrogens is 374 g/mol. The molecule has 0 aliphatic rings. The Morgan fingerprint density at radius 3 is 2.78 bits per heavy atom. The van der Waals surface area contributed by atoms with E-state index in [0.717, 1.165) is 11.3 Å². The Morgan fingerprint density at radius 1 is 1.30 bits per heavy atom. The van der Waals surface area contributed by atoms with Crippen LogP contribution in [0.2, 0.25) is 0 Å². The lowest BCUT2D eigenvalue weighted by molar-refractivity contribution is -0.384. The SMILES string of the molecule is CCOC(=O)NC(=O)c1ccsc1NC(=O)/C=C/c1cccc([N+](=O)[O-])c1. The maximum atomic E-state index is 12.1. The molecule has 0 saturated carbocycles. The highest BCUT2D eigenvalue weighted by atomic mass is 32.1. The smallest absolute Gasteiger partial charge is 0.414 e. The molecule has 0 saturated heterocycles. The van der Waals surface area contributed by atoms with Gasteiger partial charge in [0.15, 0.2) is 0 Å². The lowest BCUT2D eigenvalue weighted by Crippen LogP contribution is -2.31. The fourth-order valence-corrected chi connectivity index (χ4v) is 2.77. The summed E-state index contributed by atoms with van der Waals surface area (Å²) in [6.07, 6.45) is 1.72. The number of carbonyl (C=O) groups excluding carboxylic acids is 3. The number of nitrogens with zero attached hydrogens (tertiary/aromatic N) is 1. The van der Waals surface area contributed by atoms with Crippen molar-refractivity contribution in [3.8, 4) is 0 Å². The normalized spacial score (nSPS) is 10.4. The van der Waals surface area contributed by atoms with Crippen LogP contribution in [0.1, 0.15) is 22.8 Å². The first-order chi connectivity index (χ1) is 12.9. The summed E-state index contributed by atoms with van der Waals surface area (Å²) in [6.45, 7) is 1.72. The molecule has 9 nitrogen and oxygen atoms in total. The molecule has 140 valence electrons. The number of non-ortho nitro benzene ring substituents is 1. The second kappa shape index (κ2) is 9.25. The molecule has 1 aromatic heterocycles. The second-order valence-electron chi connectivity index (χ2n) is 5.01. The van der Waals surface area contributed by atoms with Crippen LogP contribution in [0.25, 0.3) is 6.08 Å². The number of hydrogen-bond acceptors (Lipinski definition) is 7. The molecule has 0 fully saturated rings. The number of rotatable bonds is 6. The molecule has 0 bridgehead atoms. The van der Waals surface area contributed by atoms with Crippen LogP contribution in [0.3, 0.4) is 0 Å². The van der Waals surface area contributed by atoms with Crippen LogP contribution in [0.15, 0.2) is 41.8 Å². The van der Waals surface area contributed by atoms with Gasteiger partial charge in [0.25, 0.3) is 11.6 Å². The van der Waals surface area contributed by atoms with Crippen molar-refractivity contribution >= 4 is 46.0 Å². The second-order valence-corrected chi connectivity index (χ2v) is 5.93. The first-order valence-corrected chi connectivity index (χ1v) is 8.57. The maximum Gasteiger partial charge on any atom is 0.414 e. The number of thiophene rings is 1. The summed E-state index contributed by atoms with van der Waals surface area (Å²) in [6, 6.07) is 7.25. The summed E-state index contributed by atoms with van der Waals surface area (Å²) in [5.74, 6) is -1.23. The fraction of sp³-hybridized carbons (Fsp3) is 0.118. The molecule has 0 atom stereocenters. The first kappa shape index (κ1) is 19.8. The van der Waals surface area contributed by atoms with Crippen LogP contribution >= 0.6 is 11.3 Å². The molecule has 0 aliphatic carbocycles. The van der Waals surface area contributed by atoms with Gasteiger partial charge in [0, 0.05) is 18.2 Å². The molecular formula is C17H15N3O6S. The molecule has 0 spiro atoms. The number of nitro benzene ring substituents is 1.